The van der Waals surface area contributed by atoms with Crippen molar-refractivity contribution in [2.45, 2.75) is 39.2 Å². The summed E-state index contributed by atoms with van der Waals surface area (Å²) in [5, 5.41) is 3.38. The molecule has 4 rings (SSSR count). The molecule has 1 atom stereocenters. The Morgan fingerprint density at radius 1 is 1.04 bits per heavy atom. The molecule has 28 heavy (non-hydrogen) atoms. The van der Waals surface area contributed by atoms with Gasteiger partial charge in [0.25, 0.3) is 0 Å². The zero-order valence-corrected chi connectivity index (χ0v) is 16.3. The molecule has 0 amide bonds. The van der Waals surface area contributed by atoms with Crippen LogP contribution in [0.3, 0.4) is 0 Å². The number of benzene rings is 2. The van der Waals surface area contributed by atoms with E-state index in [2.05, 4.69) is 59.5 Å². The summed E-state index contributed by atoms with van der Waals surface area (Å²) in [6.45, 7) is 4.32. The second-order valence-corrected chi connectivity index (χ2v) is 7.06. The Balaban J connectivity index is 1.59. The van der Waals surface area contributed by atoms with Crippen molar-refractivity contribution >= 4 is 17.0 Å². The normalized spacial score (nSPS) is 12.2. The van der Waals surface area contributed by atoms with Crippen LogP contribution in [0.2, 0.25) is 0 Å². The SMILES string of the molecule is CCCCc1ccc2c(c1)ncn2-c1ccnc(N[C@@H](C)c2ccccc2)n1. The minimum atomic E-state index is 0.122. The molecule has 0 aliphatic heterocycles. The quantitative estimate of drug-likeness (QED) is 0.477. The summed E-state index contributed by atoms with van der Waals surface area (Å²) < 4.78 is 2.01. The largest absolute Gasteiger partial charge is 0.348 e. The Hall–Kier alpha value is -3.21. The Bertz CT molecular complexity index is 1050. The van der Waals surface area contributed by atoms with Gasteiger partial charge in [0.15, 0.2) is 0 Å². The Labute approximate surface area is 165 Å². The molecule has 2 heterocycles. The zero-order chi connectivity index (χ0) is 19.3. The standard InChI is InChI=1S/C23H25N5/c1-3-4-8-18-11-12-21-20(15-18)25-16-28(21)22-13-14-24-23(27-22)26-17(2)19-9-6-5-7-10-19/h5-7,9-17H,3-4,8H2,1-2H3,(H,24,26,27)/t17-/m0/s1. The fourth-order valence-electron chi connectivity index (χ4n) is 3.35. The van der Waals surface area contributed by atoms with Gasteiger partial charge in [0.2, 0.25) is 5.95 Å². The van der Waals surface area contributed by atoms with Crippen molar-refractivity contribution in [1.29, 1.82) is 0 Å². The van der Waals surface area contributed by atoms with Crippen molar-refractivity contribution in [2.24, 2.45) is 0 Å². The van der Waals surface area contributed by atoms with E-state index < -0.39 is 0 Å². The number of nitrogens with zero attached hydrogens (tertiary/aromatic N) is 4. The van der Waals surface area contributed by atoms with Crippen LogP contribution in [-0.4, -0.2) is 19.5 Å². The first-order chi connectivity index (χ1) is 13.7. The number of hydrogen-bond donors (Lipinski definition) is 1. The zero-order valence-electron chi connectivity index (χ0n) is 16.3. The first-order valence-electron chi connectivity index (χ1n) is 9.85. The minimum Gasteiger partial charge on any atom is -0.348 e. The van der Waals surface area contributed by atoms with Gasteiger partial charge in [-0.05, 0) is 49.1 Å². The number of rotatable bonds is 7. The number of aryl methyl sites for hydroxylation is 1. The van der Waals surface area contributed by atoms with Crippen LogP contribution < -0.4 is 5.32 Å². The summed E-state index contributed by atoms with van der Waals surface area (Å²) in [5.41, 5.74) is 4.59. The molecule has 0 saturated heterocycles. The minimum absolute atomic E-state index is 0.122. The summed E-state index contributed by atoms with van der Waals surface area (Å²) in [7, 11) is 0. The van der Waals surface area contributed by atoms with Gasteiger partial charge in [-0.1, -0.05) is 49.7 Å². The fraction of sp³-hybridized carbons (Fsp3) is 0.261. The lowest BCUT2D eigenvalue weighted by Crippen LogP contribution is -2.10. The first-order valence-corrected chi connectivity index (χ1v) is 9.85. The summed E-state index contributed by atoms with van der Waals surface area (Å²) >= 11 is 0. The van der Waals surface area contributed by atoms with Crippen LogP contribution in [0.1, 0.15) is 43.9 Å². The first kappa shape index (κ1) is 18.2. The number of hydrogen-bond acceptors (Lipinski definition) is 4. The molecule has 5 nitrogen and oxygen atoms in total. The number of fused-ring (bicyclic) bond motifs is 1. The van der Waals surface area contributed by atoms with E-state index in [0.29, 0.717) is 5.95 Å². The number of nitrogens with one attached hydrogen (secondary N) is 1. The molecular formula is C23H25N5. The van der Waals surface area contributed by atoms with E-state index in [0.717, 1.165) is 23.3 Å². The molecule has 0 aliphatic carbocycles. The third-order valence-corrected chi connectivity index (χ3v) is 4.96. The van der Waals surface area contributed by atoms with Crippen molar-refractivity contribution in [3.05, 3.63) is 78.2 Å². The smallest absolute Gasteiger partial charge is 0.225 e. The number of imidazole rings is 1. The number of unbranched alkanes of at least 4 members (excludes halogenated alkanes) is 1. The monoisotopic (exact) mass is 371 g/mol. The Morgan fingerprint density at radius 2 is 1.89 bits per heavy atom. The van der Waals surface area contributed by atoms with E-state index in [9.17, 15) is 0 Å². The molecule has 0 aliphatic rings. The predicted molar refractivity (Wildman–Crippen MR) is 114 cm³/mol. The van der Waals surface area contributed by atoms with Crippen LogP contribution in [-0.2, 0) is 6.42 Å². The second kappa shape index (κ2) is 8.21. The highest BCUT2D eigenvalue weighted by atomic mass is 15.2. The third-order valence-electron chi connectivity index (χ3n) is 4.96. The topological polar surface area (TPSA) is 55.6 Å². The summed E-state index contributed by atoms with van der Waals surface area (Å²) in [6.07, 6.45) is 7.11. The summed E-state index contributed by atoms with van der Waals surface area (Å²) in [6, 6.07) is 18.8. The van der Waals surface area contributed by atoms with Gasteiger partial charge in [-0.15, -0.1) is 0 Å². The average molecular weight is 371 g/mol. The Morgan fingerprint density at radius 3 is 2.71 bits per heavy atom. The molecule has 0 spiro atoms. The molecular weight excluding hydrogens is 346 g/mol. The molecule has 5 heteroatoms. The van der Waals surface area contributed by atoms with Crippen LogP contribution in [0.4, 0.5) is 5.95 Å². The van der Waals surface area contributed by atoms with E-state index >= 15 is 0 Å². The van der Waals surface area contributed by atoms with Gasteiger partial charge in [-0.2, -0.15) is 4.98 Å². The molecule has 0 radical (unpaired) electrons. The highest BCUT2D eigenvalue weighted by Crippen LogP contribution is 2.21. The molecule has 4 aromatic rings. The van der Waals surface area contributed by atoms with Gasteiger partial charge in [0.05, 0.1) is 17.1 Å². The van der Waals surface area contributed by atoms with Gasteiger partial charge < -0.3 is 5.32 Å². The van der Waals surface area contributed by atoms with E-state index in [1.54, 1.807) is 6.20 Å². The van der Waals surface area contributed by atoms with Crippen molar-refractivity contribution in [3.63, 3.8) is 0 Å². The molecule has 0 fully saturated rings. The molecule has 1 N–H and O–H groups in total. The van der Waals surface area contributed by atoms with Crippen LogP contribution >= 0.6 is 0 Å². The van der Waals surface area contributed by atoms with Crippen LogP contribution in [0.15, 0.2) is 67.1 Å². The molecule has 0 bridgehead atoms. The maximum atomic E-state index is 4.70. The van der Waals surface area contributed by atoms with Gasteiger partial charge >= 0.3 is 0 Å². The average Bonchev–Trinajstić information content (AvgIpc) is 3.16. The van der Waals surface area contributed by atoms with Gasteiger partial charge in [0.1, 0.15) is 12.1 Å². The third kappa shape index (κ3) is 3.88. The molecule has 0 saturated carbocycles. The molecule has 0 unspecified atom stereocenters. The number of aromatic nitrogens is 4. The lowest BCUT2D eigenvalue weighted by molar-refractivity contribution is 0.796. The highest BCUT2D eigenvalue weighted by Gasteiger charge is 2.10. The van der Waals surface area contributed by atoms with Crippen LogP contribution in [0.25, 0.3) is 16.9 Å². The molecule has 142 valence electrons. The fourth-order valence-corrected chi connectivity index (χ4v) is 3.35. The molecule has 2 aromatic heterocycles. The van der Waals surface area contributed by atoms with Gasteiger partial charge in [-0.3, -0.25) is 4.57 Å². The van der Waals surface area contributed by atoms with Crippen molar-refractivity contribution in [3.8, 4) is 5.82 Å². The van der Waals surface area contributed by atoms with E-state index in [-0.39, 0.29) is 6.04 Å². The predicted octanol–water partition coefficient (Wildman–Crippen LogP) is 5.33. The lowest BCUT2D eigenvalue weighted by Gasteiger charge is -2.14. The lowest BCUT2D eigenvalue weighted by atomic mass is 10.1. The van der Waals surface area contributed by atoms with Crippen molar-refractivity contribution < 1.29 is 0 Å². The van der Waals surface area contributed by atoms with Gasteiger partial charge in [-0.25, -0.2) is 9.97 Å². The molecule has 2 aromatic carbocycles. The highest BCUT2D eigenvalue weighted by molar-refractivity contribution is 5.77. The van der Waals surface area contributed by atoms with Crippen LogP contribution in [0.5, 0.6) is 0 Å². The maximum Gasteiger partial charge on any atom is 0.225 e. The maximum absolute atomic E-state index is 4.70. The van der Waals surface area contributed by atoms with E-state index in [1.807, 2.05) is 35.2 Å². The van der Waals surface area contributed by atoms with Crippen molar-refractivity contribution in [2.75, 3.05) is 5.32 Å². The van der Waals surface area contributed by atoms with Crippen molar-refractivity contribution in [1.82, 2.24) is 19.5 Å². The van der Waals surface area contributed by atoms with E-state index in [4.69, 9.17) is 4.98 Å². The summed E-state index contributed by atoms with van der Waals surface area (Å²) in [5.74, 6) is 1.41. The van der Waals surface area contributed by atoms with Gasteiger partial charge in [0, 0.05) is 6.20 Å². The van der Waals surface area contributed by atoms with Crippen LogP contribution in [0, 0.1) is 0 Å². The summed E-state index contributed by atoms with van der Waals surface area (Å²) in [4.78, 5) is 13.7. The number of anilines is 1. The van der Waals surface area contributed by atoms with E-state index in [1.165, 1.54) is 24.0 Å². The Kier molecular flexibility index (Phi) is 5.33. The second-order valence-electron chi connectivity index (χ2n) is 7.06.